The molecular weight excluding hydrogens is 158 g/mol. The number of nitrogens with zero attached hydrogens (tertiary/aromatic N) is 4. The number of aryl methyl sites for hydroxylation is 1. The van der Waals surface area contributed by atoms with Gasteiger partial charge in [0.1, 0.15) is 6.33 Å². The van der Waals surface area contributed by atoms with E-state index in [1.165, 1.54) is 6.21 Å². The fourth-order valence-corrected chi connectivity index (χ4v) is 0.801. The summed E-state index contributed by atoms with van der Waals surface area (Å²) in [6, 6.07) is 0. The fraction of sp³-hybridized carbons (Fsp3) is 0.500. The summed E-state index contributed by atoms with van der Waals surface area (Å²) in [6.07, 6.45) is 2.98. The Kier molecular flexibility index (Phi) is 3.06. The smallest absolute Gasteiger partial charge is 0.224 e. The first-order valence-corrected chi connectivity index (χ1v) is 3.66. The molecule has 0 bridgehead atoms. The molecule has 1 aromatic rings. The third kappa shape index (κ3) is 1.94. The van der Waals surface area contributed by atoms with E-state index in [1.54, 1.807) is 6.33 Å². The first-order valence-electron chi connectivity index (χ1n) is 3.66. The van der Waals surface area contributed by atoms with Gasteiger partial charge in [-0.3, -0.25) is 0 Å². The van der Waals surface area contributed by atoms with Gasteiger partial charge < -0.3 is 15.1 Å². The second kappa shape index (κ2) is 4.32. The van der Waals surface area contributed by atoms with E-state index in [2.05, 4.69) is 20.7 Å². The van der Waals surface area contributed by atoms with Crippen LogP contribution in [-0.2, 0) is 6.54 Å². The molecule has 1 rings (SSSR count). The molecule has 6 nitrogen and oxygen atoms in total. The van der Waals surface area contributed by atoms with Crippen LogP contribution < -0.4 is 5.32 Å². The minimum absolute atomic E-state index is 0.440. The molecule has 0 saturated carbocycles. The molecule has 0 fully saturated rings. The summed E-state index contributed by atoms with van der Waals surface area (Å²) >= 11 is 0. The van der Waals surface area contributed by atoms with E-state index in [9.17, 15) is 0 Å². The quantitative estimate of drug-likeness (QED) is 0.382. The lowest BCUT2D eigenvalue weighted by atomic mass is 10.6. The third-order valence-corrected chi connectivity index (χ3v) is 1.39. The van der Waals surface area contributed by atoms with Crippen molar-refractivity contribution in [2.45, 2.75) is 13.5 Å². The van der Waals surface area contributed by atoms with Gasteiger partial charge in [0.15, 0.2) is 0 Å². The van der Waals surface area contributed by atoms with E-state index in [0.717, 1.165) is 6.54 Å². The third-order valence-electron chi connectivity index (χ3n) is 1.39. The standard InChI is InChI=1S/C6H11N5O/c1-2-11-5-8-10-6(11)7-3-4-9-12/h4-5,12H,2-3H2,1H3,(H,7,10). The number of hydrogen-bond donors (Lipinski definition) is 2. The van der Waals surface area contributed by atoms with Crippen LogP contribution in [0.5, 0.6) is 0 Å². The molecule has 0 aliphatic carbocycles. The van der Waals surface area contributed by atoms with E-state index in [-0.39, 0.29) is 0 Å². The molecule has 1 heterocycles. The van der Waals surface area contributed by atoms with Crippen LogP contribution in [0.1, 0.15) is 6.92 Å². The maximum atomic E-state index is 8.11. The van der Waals surface area contributed by atoms with Crippen molar-refractivity contribution < 1.29 is 5.21 Å². The minimum Gasteiger partial charge on any atom is -0.411 e. The fourth-order valence-electron chi connectivity index (χ4n) is 0.801. The average Bonchev–Trinajstić information content (AvgIpc) is 2.52. The van der Waals surface area contributed by atoms with Gasteiger partial charge in [-0.15, -0.1) is 15.4 Å². The van der Waals surface area contributed by atoms with Gasteiger partial charge in [-0.2, -0.15) is 0 Å². The molecule has 12 heavy (non-hydrogen) atoms. The zero-order chi connectivity index (χ0) is 8.81. The maximum absolute atomic E-state index is 8.11. The second-order valence-corrected chi connectivity index (χ2v) is 2.12. The highest BCUT2D eigenvalue weighted by molar-refractivity contribution is 5.62. The Morgan fingerprint density at radius 1 is 1.83 bits per heavy atom. The second-order valence-electron chi connectivity index (χ2n) is 2.12. The van der Waals surface area contributed by atoms with Crippen LogP contribution in [-0.4, -0.2) is 32.7 Å². The molecule has 2 N–H and O–H groups in total. The Bertz CT molecular complexity index is 256. The molecule has 0 aromatic carbocycles. The summed E-state index contributed by atoms with van der Waals surface area (Å²) in [7, 11) is 0. The van der Waals surface area contributed by atoms with E-state index >= 15 is 0 Å². The average molecular weight is 169 g/mol. The van der Waals surface area contributed by atoms with E-state index in [1.807, 2.05) is 11.5 Å². The van der Waals surface area contributed by atoms with Gasteiger partial charge in [-0.25, -0.2) is 0 Å². The first-order chi connectivity index (χ1) is 5.88. The Labute approximate surface area is 69.9 Å². The van der Waals surface area contributed by atoms with Crippen molar-refractivity contribution in [2.75, 3.05) is 11.9 Å². The topological polar surface area (TPSA) is 75.3 Å². The Hall–Kier alpha value is -1.59. The molecule has 0 aliphatic heterocycles. The van der Waals surface area contributed by atoms with E-state index < -0.39 is 0 Å². The van der Waals surface area contributed by atoms with Crippen LogP contribution in [0.15, 0.2) is 11.5 Å². The van der Waals surface area contributed by atoms with Crippen molar-refractivity contribution in [2.24, 2.45) is 5.16 Å². The highest BCUT2D eigenvalue weighted by Gasteiger charge is 1.98. The molecule has 66 valence electrons. The molecule has 0 radical (unpaired) electrons. The van der Waals surface area contributed by atoms with Crippen molar-refractivity contribution in [1.29, 1.82) is 0 Å². The lowest BCUT2D eigenvalue weighted by Gasteiger charge is -2.02. The molecule has 0 amide bonds. The number of rotatable bonds is 4. The predicted molar refractivity (Wildman–Crippen MR) is 44.5 cm³/mol. The number of aromatic nitrogens is 3. The summed E-state index contributed by atoms with van der Waals surface area (Å²) in [4.78, 5) is 0. The molecule has 6 heteroatoms. The zero-order valence-corrected chi connectivity index (χ0v) is 6.80. The molecular formula is C6H11N5O. The number of anilines is 1. The van der Waals surface area contributed by atoms with Crippen molar-refractivity contribution in [3.05, 3.63) is 6.33 Å². The van der Waals surface area contributed by atoms with Gasteiger partial charge in [0, 0.05) is 6.54 Å². The minimum atomic E-state index is 0.440. The van der Waals surface area contributed by atoms with Gasteiger partial charge in [-0.1, -0.05) is 0 Å². The number of oxime groups is 1. The summed E-state index contributed by atoms with van der Waals surface area (Å²) in [5.74, 6) is 0.678. The summed E-state index contributed by atoms with van der Waals surface area (Å²) in [5.41, 5.74) is 0. The van der Waals surface area contributed by atoms with Gasteiger partial charge in [0.25, 0.3) is 0 Å². The SMILES string of the molecule is CCn1cnnc1NCC=NO. The van der Waals surface area contributed by atoms with Crippen molar-refractivity contribution >= 4 is 12.2 Å². The summed E-state index contributed by atoms with van der Waals surface area (Å²) in [5, 5.41) is 21.4. The molecule has 0 spiro atoms. The summed E-state index contributed by atoms with van der Waals surface area (Å²) < 4.78 is 1.85. The molecule has 0 saturated heterocycles. The Morgan fingerprint density at radius 3 is 3.33 bits per heavy atom. The van der Waals surface area contributed by atoms with Crippen molar-refractivity contribution in [3.8, 4) is 0 Å². The van der Waals surface area contributed by atoms with Gasteiger partial charge >= 0.3 is 0 Å². The van der Waals surface area contributed by atoms with E-state index in [0.29, 0.717) is 12.5 Å². The van der Waals surface area contributed by atoms with Gasteiger partial charge in [0.05, 0.1) is 12.8 Å². The lowest BCUT2D eigenvalue weighted by molar-refractivity contribution is 0.321. The molecule has 0 aliphatic rings. The van der Waals surface area contributed by atoms with Crippen molar-refractivity contribution in [3.63, 3.8) is 0 Å². The van der Waals surface area contributed by atoms with Crippen LogP contribution in [0.25, 0.3) is 0 Å². The zero-order valence-electron chi connectivity index (χ0n) is 6.80. The predicted octanol–water partition coefficient (Wildman–Crippen LogP) is 0.170. The van der Waals surface area contributed by atoms with Crippen LogP contribution in [0.2, 0.25) is 0 Å². The maximum Gasteiger partial charge on any atom is 0.224 e. The van der Waals surface area contributed by atoms with E-state index in [4.69, 9.17) is 5.21 Å². The van der Waals surface area contributed by atoms with Crippen LogP contribution in [0.3, 0.4) is 0 Å². The van der Waals surface area contributed by atoms with Crippen LogP contribution in [0, 0.1) is 0 Å². The highest BCUT2D eigenvalue weighted by Crippen LogP contribution is 1.99. The Morgan fingerprint density at radius 2 is 2.67 bits per heavy atom. The Balaban J connectivity index is 2.50. The normalized spacial score (nSPS) is 10.8. The highest BCUT2D eigenvalue weighted by atomic mass is 16.4. The molecule has 0 unspecified atom stereocenters. The number of hydrogen-bond acceptors (Lipinski definition) is 5. The van der Waals surface area contributed by atoms with Crippen LogP contribution in [0.4, 0.5) is 5.95 Å². The summed E-state index contributed by atoms with van der Waals surface area (Å²) in [6.45, 7) is 3.25. The van der Waals surface area contributed by atoms with Gasteiger partial charge in [0.2, 0.25) is 5.95 Å². The molecule has 1 aromatic heterocycles. The van der Waals surface area contributed by atoms with Crippen LogP contribution >= 0.6 is 0 Å². The lowest BCUT2D eigenvalue weighted by Crippen LogP contribution is -2.08. The van der Waals surface area contributed by atoms with Gasteiger partial charge in [-0.05, 0) is 6.92 Å². The molecule has 0 atom stereocenters. The first kappa shape index (κ1) is 8.51. The largest absolute Gasteiger partial charge is 0.411 e. The monoisotopic (exact) mass is 169 g/mol. The number of nitrogens with one attached hydrogen (secondary N) is 1. The van der Waals surface area contributed by atoms with Crippen molar-refractivity contribution in [1.82, 2.24) is 14.8 Å².